The Kier molecular flexibility index (Phi) is 2.79. The Hall–Kier alpha value is -1.98. The highest BCUT2D eigenvalue weighted by molar-refractivity contribution is 5.92. The van der Waals surface area contributed by atoms with Gasteiger partial charge in [0.15, 0.2) is 0 Å². The van der Waals surface area contributed by atoms with E-state index in [0.29, 0.717) is 18.5 Å². The number of carbonyl (C=O) groups excluding carboxylic acids is 1. The second-order valence-corrected chi connectivity index (χ2v) is 4.31. The van der Waals surface area contributed by atoms with Crippen molar-refractivity contribution in [3.05, 3.63) is 23.8 Å². The first-order valence-electron chi connectivity index (χ1n) is 5.34. The van der Waals surface area contributed by atoms with Crippen molar-refractivity contribution in [2.24, 2.45) is 5.41 Å². The molecule has 1 saturated carbocycles. The first-order valence-corrected chi connectivity index (χ1v) is 5.34. The lowest BCUT2D eigenvalue weighted by Crippen LogP contribution is -2.34. The molecule has 0 bridgehead atoms. The molecular weight excluding hydrogens is 222 g/mol. The highest BCUT2D eigenvalue weighted by Gasteiger charge is 2.50. The van der Waals surface area contributed by atoms with Gasteiger partial charge < -0.3 is 10.4 Å². The summed E-state index contributed by atoms with van der Waals surface area (Å²) < 4.78 is 0. The average Bonchev–Trinajstić information content (AvgIpc) is 3.07. The van der Waals surface area contributed by atoms with Gasteiger partial charge in [-0.1, -0.05) is 0 Å². The van der Waals surface area contributed by atoms with Crippen LogP contribution >= 0.6 is 0 Å². The molecule has 90 valence electrons. The molecule has 1 heterocycles. The summed E-state index contributed by atoms with van der Waals surface area (Å²) in [6, 6.07) is 1.57. The lowest BCUT2D eigenvalue weighted by molar-refractivity contribution is -0.143. The molecule has 6 nitrogen and oxygen atoms in total. The van der Waals surface area contributed by atoms with E-state index in [0.717, 1.165) is 0 Å². The van der Waals surface area contributed by atoms with E-state index in [1.165, 1.54) is 6.33 Å². The van der Waals surface area contributed by atoms with Crippen molar-refractivity contribution in [2.75, 3.05) is 6.54 Å². The number of rotatable bonds is 4. The van der Waals surface area contributed by atoms with Gasteiger partial charge in [0.2, 0.25) is 0 Å². The van der Waals surface area contributed by atoms with Gasteiger partial charge >= 0.3 is 5.97 Å². The molecule has 17 heavy (non-hydrogen) atoms. The Labute approximate surface area is 98.1 Å². The number of nitrogens with one attached hydrogen (secondary N) is 1. The standard InChI is InChI=1S/C11H13N3O3/c1-7-4-8(14-6-13-7)9(15)12-5-11(2-3-11)10(16)17/h4,6H,2-3,5H2,1H3,(H,12,15)(H,16,17). The molecule has 6 heteroatoms. The third-order valence-corrected chi connectivity index (χ3v) is 2.93. The largest absolute Gasteiger partial charge is 0.481 e. The number of carboxylic acid groups (broad SMARTS) is 1. The monoisotopic (exact) mass is 235 g/mol. The maximum atomic E-state index is 11.7. The van der Waals surface area contributed by atoms with E-state index < -0.39 is 11.4 Å². The predicted molar refractivity (Wildman–Crippen MR) is 58.4 cm³/mol. The summed E-state index contributed by atoms with van der Waals surface area (Å²) in [4.78, 5) is 30.3. The molecule has 0 radical (unpaired) electrons. The molecule has 1 fully saturated rings. The highest BCUT2D eigenvalue weighted by atomic mass is 16.4. The number of nitrogens with zero attached hydrogens (tertiary/aromatic N) is 2. The Bertz CT molecular complexity index is 469. The molecule has 1 aromatic heterocycles. The third-order valence-electron chi connectivity index (χ3n) is 2.93. The Balaban J connectivity index is 1.96. The topological polar surface area (TPSA) is 92.2 Å². The van der Waals surface area contributed by atoms with Crippen LogP contribution in [-0.4, -0.2) is 33.5 Å². The summed E-state index contributed by atoms with van der Waals surface area (Å²) in [5.74, 6) is -1.21. The summed E-state index contributed by atoms with van der Waals surface area (Å²) in [6.45, 7) is 1.92. The molecule has 0 spiro atoms. The molecule has 0 saturated heterocycles. The minimum absolute atomic E-state index is 0.157. The van der Waals surface area contributed by atoms with E-state index in [4.69, 9.17) is 5.11 Å². The maximum absolute atomic E-state index is 11.7. The van der Waals surface area contributed by atoms with Gasteiger partial charge in [-0.15, -0.1) is 0 Å². The van der Waals surface area contributed by atoms with Gasteiger partial charge in [-0.3, -0.25) is 9.59 Å². The van der Waals surface area contributed by atoms with E-state index in [1.807, 2.05) is 0 Å². The summed E-state index contributed by atoms with van der Waals surface area (Å²) in [6.07, 6.45) is 2.55. The first-order chi connectivity index (χ1) is 8.03. The quantitative estimate of drug-likeness (QED) is 0.787. The van der Waals surface area contributed by atoms with Crippen molar-refractivity contribution < 1.29 is 14.7 Å². The van der Waals surface area contributed by atoms with E-state index >= 15 is 0 Å². The van der Waals surface area contributed by atoms with E-state index in [-0.39, 0.29) is 18.1 Å². The van der Waals surface area contributed by atoms with Crippen molar-refractivity contribution in [1.82, 2.24) is 15.3 Å². The summed E-state index contributed by atoms with van der Waals surface area (Å²) in [5, 5.41) is 11.6. The van der Waals surface area contributed by atoms with Crippen LogP contribution in [0.1, 0.15) is 29.0 Å². The van der Waals surface area contributed by atoms with Crippen molar-refractivity contribution in [3.8, 4) is 0 Å². The van der Waals surface area contributed by atoms with Crippen LogP contribution in [0.25, 0.3) is 0 Å². The van der Waals surface area contributed by atoms with Crippen LogP contribution in [0.3, 0.4) is 0 Å². The Morgan fingerprint density at radius 3 is 2.71 bits per heavy atom. The van der Waals surface area contributed by atoms with Crippen LogP contribution < -0.4 is 5.32 Å². The molecule has 2 rings (SSSR count). The Morgan fingerprint density at radius 1 is 1.47 bits per heavy atom. The zero-order chi connectivity index (χ0) is 12.5. The van der Waals surface area contributed by atoms with E-state index in [1.54, 1.807) is 13.0 Å². The van der Waals surface area contributed by atoms with Crippen LogP contribution in [0.5, 0.6) is 0 Å². The normalized spacial score (nSPS) is 16.3. The number of aliphatic carboxylic acids is 1. The van der Waals surface area contributed by atoms with Crippen molar-refractivity contribution in [3.63, 3.8) is 0 Å². The number of aromatic nitrogens is 2. The van der Waals surface area contributed by atoms with Crippen LogP contribution in [0, 0.1) is 12.3 Å². The lowest BCUT2D eigenvalue weighted by atomic mass is 10.1. The molecule has 0 aromatic carbocycles. The zero-order valence-corrected chi connectivity index (χ0v) is 9.43. The van der Waals surface area contributed by atoms with Gasteiger partial charge in [-0.05, 0) is 25.8 Å². The van der Waals surface area contributed by atoms with Gasteiger partial charge in [0.05, 0.1) is 5.41 Å². The number of carbonyl (C=O) groups is 2. The number of hydrogen-bond donors (Lipinski definition) is 2. The fraction of sp³-hybridized carbons (Fsp3) is 0.455. The van der Waals surface area contributed by atoms with Crippen LogP contribution in [0.15, 0.2) is 12.4 Å². The molecule has 0 unspecified atom stereocenters. The SMILES string of the molecule is Cc1cc(C(=O)NCC2(C(=O)O)CC2)ncn1. The van der Waals surface area contributed by atoms with Gasteiger partial charge in [0.1, 0.15) is 12.0 Å². The van der Waals surface area contributed by atoms with Gasteiger partial charge in [-0.25, -0.2) is 9.97 Å². The highest BCUT2D eigenvalue weighted by Crippen LogP contribution is 2.45. The van der Waals surface area contributed by atoms with Crippen LogP contribution in [0.2, 0.25) is 0 Å². The van der Waals surface area contributed by atoms with Crippen molar-refractivity contribution >= 4 is 11.9 Å². The zero-order valence-electron chi connectivity index (χ0n) is 9.43. The summed E-state index contributed by atoms with van der Waals surface area (Å²) >= 11 is 0. The fourth-order valence-corrected chi connectivity index (χ4v) is 1.54. The van der Waals surface area contributed by atoms with Crippen molar-refractivity contribution in [1.29, 1.82) is 0 Å². The second-order valence-electron chi connectivity index (χ2n) is 4.31. The third kappa shape index (κ3) is 2.41. The summed E-state index contributed by atoms with van der Waals surface area (Å²) in [5.41, 5.74) is 0.209. The van der Waals surface area contributed by atoms with E-state index in [9.17, 15) is 9.59 Å². The number of carboxylic acids is 1. The van der Waals surface area contributed by atoms with Crippen LogP contribution in [0.4, 0.5) is 0 Å². The van der Waals surface area contributed by atoms with Crippen molar-refractivity contribution in [2.45, 2.75) is 19.8 Å². The molecule has 1 amide bonds. The minimum atomic E-state index is -0.850. The fourth-order valence-electron chi connectivity index (χ4n) is 1.54. The van der Waals surface area contributed by atoms with E-state index in [2.05, 4.69) is 15.3 Å². The maximum Gasteiger partial charge on any atom is 0.311 e. The van der Waals surface area contributed by atoms with Gasteiger partial charge in [0, 0.05) is 12.2 Å². The molecule has 1 aliphatic carbocycles. The molecular formula is C11H13N3O3. The minimum Gasteiger partial charge on any atom is -0.481 e. The second kappa shape index (κ2) is 4.12. The first kappa shape index (κ1) is 11.5. The average molecular weight is 235 g/mol. The van der Waals surface area contributed by atoms with Gasteiger partial charge in [0.25, 0.3) is 5.91 Å². The van der Waals surface area contributed by atoms with Gasteiger partial charge in [-0.2, -0.15) is 0 Å². The smallest absolute Gasteiger partial charge is 0.311 e. The molecule has 0 aliphatic heterocycles. The number of amides is 1. The summed E-state index contributed by atoms with van der Waals surface area (Å²) in [7, 11) is 0. The Morgan fingerprint density at radius 2 is 2.18 bits per heavy atom. The molecule has 0 atom stereocenters. The van der Waals surface area contributed by atoms with Crippen LogP contribution in [-0.2, 0) is 4.79 Å². The number of aryl methyl sites for hydroxylation is 1. The molecule has 1 aliphatic rings. The number of hydrogen-bond acceptors (Lipinski definition) is 4. The molecule has 2 N–H and O–H groups in total. The predicted octanol–water partition coefficient (Wildman–Crippen LogP) is 0.380. The lowest BCUT2D eigenvalue weighted by Gasteiger charge is -2.10. The molecule has 1 aromatic rings.